The highest BCUT2D eigenvalue weighted by atomic mass is 79.9. The van der Waals surface area contributed by atoms with Gasteiger partial charge in [0.25, 0.3) is 0 Å². The maximum atomic E-state index is 9.96. The fourth-order valence-corrected chi connectivity index (χ4v) is 1.59. The van der Waals surface area contributed by atoms with Crippen molar-refractivity contribution in [1.82, 2.24) is 0 Å². The highest BCUT2D eigenvalue weighted by Crippen LogP contribution is 2.33. The molecule has 72 valence electrons. The summed E-state index contributed by atoms with van der Waals surface area (Å²) >= 11 is 3.39. The van der Waals surface area contributed by atoms with Crippen LogP contribution in [0.5, 0.6) is 0 Å². The van der Waals surface area contributed by atoms with Gasteiger partial charge in [-0.05, 0) is 23.1 Å². The van der Waals surface area contributed by atoms with Gasteiger partial charge in [0, 0.05) is 4.47 Å². The van der Waals surface area contributed by atoms with Crippen LogP contribution in [-0.4, -0.2) is 5.11 Å². The molecule has 0 heterocycles. The van der Waals surface area contributed by atoms with E-state index in [0.717, 1.165) is 10.0 Å². The molecule has 1 nitrogen and oxygen atoms in total. The summed E-state index contributed by atoms with van der Waals surface area (Å²) in [5, 5.41) is 9.96. The van der Waals surface area contributed by atoms with Crippen molar-refractivity contribution < 1.29 is 5.11 Å². The van der Waals surface area contributed by atoms with Gasteiger partial charge in [0.05, 0.1) is 6.10 Å². The molecule has 0 saturated heterocycles. The van der Waals surface area contributed by atoms with Gasteiger partial charge in [0.15, 0.2) is 0 Å². The van der Waals surface area contributed by atoms with Crippen LogP contribution in [0.4, 0.5) is 0 Å². The fourth-order valence-electron chi connectivity index (χ4n) is 1.18. The van der Waals surface area contributed by atoms with Crippen LogP contribution in [0.1, 0.15) is 32.4 Å². The van der Waals surface area contributed by atoms with Gasteiger partial charge in [-0.15, -0.1) is 0 Å². The minimum Gasteiger partial charge on any atom is -0.388 e. The first-order valence-corrected chi connectivity index (χ1v) is 5.14. The van der Waals surface area contributed by atoms with Crippen molar-refractivity contribution in [1.29, 1.82) is 0 Å². The summed E-state index contributed by atoms with van der Waals surface area (Å²) < 4.78 is 1.01. The molecule has 1 N–H and O–H groups in total. The largest absolute Gasteiger partial charge is 0.388 e. The predicted molar refractivity (Wildman–Crippen MR) is 58.6 cm³/mol. The molecule has 0 aliphatic rings. The van der Waals surface area contributed by atoms with Crippen molar-refractivity contribution in [3.63, 3.8) is 0 Å². The quantitative estimate of drug-likeness (QED) is 0.799. The van der Waals surface area contributed by atoms with Gasteiger partial charge < -0.3 is 5.11 Å². The monoisotopic (exact) mass is 242 g/mol. The first kappa shape index (κ1) is 10.7. The Morgan fingerprint density at radius 1 is 1.31 bits per heavy atom. The lowest BCUT2D eigenvalue weighted by atomic mass is 9.85. The van der Waals surface area contributed by atoms with Gasteiger partial charge in [0.1, 0.15) is 0 Å². The van der Waals surface area contributed by atoms with E-state index in [4.69, 9.17) is 0 Å². The molecular formula is C11H15BrO. The normalized spacial score (nSPS) is 14.2. The SMILES string of the molecule is CC(C)(C)C(O)c1cccc(Br)c1. The third-order valence-electron chi connectivity index (χ3n) is 1.98. The van der Waals surface area contributed by atoms with Crippen molar-refractivity contribution in [2.24, 2.45) is 5.41 Å². The van der Waals surface area contributed by atoms with Gasteiger partial charge in [0.2, 0.25) is 0 Å². The van der Waals surface area contributed by atoms with E-state index in [9.17, 15) is 5.11 Å². The second kappa shape index (κ2) is 3.81. The van der Waals surface area contributed by atoms with Crippen molar-refractivity contribution in [3.05, 3.63) is 34.3 Å². The predicted octanol–water partition coefficient (Wildman–Crippen LogP) is 3.53. The Morgan fingerprint density at radius 3 is 2.38 bits per heavy atom. The number of benzene rings is 1. The van der Waals surface area contributed by atoms with Crippen LogP contribution in [0.15, 0.2) is 28.7 Å². The summed E-state index contributed by atoms with van der Waals surface area (Å²) in [4.78, 5) is 0. The Morgan fingerprint density at radius 2 is 1.92 bits per heavy atom. The van der Waals surface area contributed by atoms with Crippen molar-refractivity contribution in [3.8, 4) is 0 Å². The van der Waals surface area contributed by atoms with Crippen LogP contribution in [0.25, 0.3) is 0 Å². The molecule has 1 rings (SSSR count). The fraction of sp³-hybridized carbons (Fsp3) is 0.455. The summed E-state index contributed by atoms with van der Waals surface area (Å²) in [6.07, 6.45) is -0.412. The molecule has 0 aliphatic heterocycles. The average Bonchev–Trinajstić information content (AvgIpc) is 2.01. The van der Waals surface area contributed by atoms with E-state index in [2.05, 4.69) is 15.9 Å². The minimum atomic E-state index is -0.412. The van der Waals surface area contributed by atoms with E-state index < -0.39 is 6.10 Å². The summed E-state index contributed by atoms with van der Waals surface area (Å²) in [6.45, 7) is 6.08. The maximum Gasteiger partial charge on any atom is 0.0838 e. The van der Waals surface area contributed by atoms with Crippen LogP contribution in [0.2, 0.25) is 0 Å². The molecule has 0 aliphatic carbocycles. The maximum absolute atomic E-state index is 9.96. The molecule has 1 aromatic carbocycles. The number of hydrogen-bond donors (Lipinski definition) is 1. The summed E-state index contributed by atoms with van der Waals surface area (Å²) in [6, 6.07) is 7.80. The van der Waals surface area contributed by atoms with E-state index >= 15 is 0 Å². The first-order chi connectivity index (χ1) is 5.91. The Labute approximate surface area is 87.9 Å². The Balaban J connectivity index is 2.96. The Bertz CT molecular complexity index is 288. The molecule has 2 heteroatoms. The highest BCUT2D eigenvalue weighted by molar-refractivity contribution is 9.10. The summed E-state index contributed by atoms with van der Waals surface area (Å²) in [7, 11) is 0. The zero-order chi connectivity index (χ0) is 10.1. The van der Waals surface area contributed by atoms with E-state index in [1.165, 1.54) is 0 Å². The summed E-state index contributed by atoms with van der Waals surface area (Å²) in [5.74, 6) is 0. The van der Waals surface area contributed by atoms with Gasteiger partial charge in [-0.2, -0.15) is 0 Å². The lowest BCUT2D eigenvalue weighted by Gasteiger charge is -2.26. The molecular weight excluding hydrogens is 228 g/mol. The van der Waals surface area contributed by atoms with Gasteiger partial charge in [-0.25, -0.2) is 0 Å². The number of aliphatic hydroxyl groups excluding tert-OH is 1. The van der Waals surface area contributed by atoms with E-state index in [1.807, 2.05) is 45.0 Å². The van der Waals surface area contributed by atoms with Crippen LogP contribution in [0, 0.1) is 5.41 Å². The average molecular weight is 243 g/mol. The zero-order valence-corrected chi connectivity index (χ0v) is 9.80. The van der Waals surface area contributed by atoms with Crippen LogP contribution < -0.4 is 0 Å². The molecule has 0 fully saturated rings. The van der Waals surface area contributed by atoms with Crippen LogP contribution in [-0.2, 0) is 0 Å². The van der Waals surface area contributed by atoms with Gasteiger partial charge >= 0.3 is 0 Å². The lowest BCUT2D eigenvalue weighted by molar-refractivity contribution is 0.0626. The van der Waals surface area contributed by atoms with Crippen LogP contribution >= 0.6 is 15.9 Å². The molecule has 0 amide bonds. The smallest absolute Gasteiger partial charge is 0.0838 e. The van der Waals surface area contributed by atoms with Crippen molar-refractivity contribution in [2.45, 2.75) is 26.9 Å². The number of halogens is 1. The molecule has 0 radical (unpaired) electrons. The molecule has 1 atom stereocenters. The highest BCUT2D eigenvalue weighted by Gasteiger charge is 2.23. The second-order valence-corrected chi connectivity index (χ2v) is 5.24. The molecule has 0 bridgehead atoms. The third kappa shape index (κ3) is 2.82. The van der Waals surface area contributed by atoms with Crippen molar-refractivity contribution in [2.75, 3.05) is 0 Å². The topological polar surface area (TPSA) is 20.2 Å². The third-order valence-corrected chi connectivity index (χ3v) is 2.48. The Kier molecular flexibility index (Phi) is 3.14. The number of rotatable bonds is 1. The van der Waals surface area contributed by atoms with Crippen LogP contribution in [0.3, 0.4) is 0 Å². The second-order valence-electron chi connectivity index (χ2n) is 4.32. The van der Waals surface area contributed by atoms with E-state index in [0.29, 0.717) is 0 Å². The molecule has 0 spiro atoms. The zero-order valence-electron chi connectivity index (χ0n) is 8.21. The van der Waals surface area contributed by atoms with Gasteiger partial charge in [-0.1, -0.05) is 48.8 Å². The Hall–Kier alpha value is -0.340. The number of hydrogen-bond acceptors (Lipinski definition) is 1. The van der Waals surface area contributed by atoms with E-state index in [1.54, 1.807) is 0 Å². The molecule has 1 aromatic rings. The molecule has 1 unspecified atom stereocenters. The molecule has 13 heavy (non-hydrogen) atoms. The van der Waals surface area contributed by atoms with Gasteiger partial charge in [-0.3, -0.25) is 0 Å². The van der Waals surface area contributed by atoms with E-state index in [-0.39, 0.29) is 5.41 Å². The lowest BCUT2D eigenvalue weighted by Crippen LogP contribution is -2.17. The first-order valence-electron chi connectivity index (χ1n) is 4.35. The van der Waals surface area contributed by atoms with Crippen molar-refractivity contribution >= 4 is 15.9 Å². The molecule has 0 aromatic heterocycles. The summed E-state index contributed by atoms with van der Waals surface area (Å²) in [5.41, 5.74) is 0.850. The minimum absolute atomic E-state index is 0.110. The standard InChI is InChI=1S/C11H15BrO/c1-11(2,3)10(13)8-5-4-6-9(12)7-8/h4-7,10,13H,1-3H3. The molecule has 0 saturated carbocycles. The number of aliphatic hydroxyl groups is 1.